The van der Waals surface area contributed by atoms with Crippen molar-refractivity contribution >= 4 is 39.1 Å². The van der Waals surface area contributed by atoms with Gasteiger partial charge in [0.25, 0.3) is 11.8 Å². The van der Waals surface area contributed by atoms with Crippen LogP contribution in [0.3, 0.4) is 0 Å². The fourth-order valence-corrected chi connectivity index (χ4v) is 3.74. The zero-order valence-electron chi connectivity index (χ0n) is 12.9. The summed E-state index contributed by atoms with van der Waals surface area (Å²) in [6.07, 6.45) is 0. The molecule has 6 heteroatoms. The number of halogens is 1. The van der Waals surface area contributed by atoms with Gasteiger partial charge >= 0.3 is 0 Å². The zero-order chi connectivity index (χ0) is 16.7. The number of rotatable bonds is 2. The highest BCUT2D eigenvalue weighted by Crippen LogP contribution is 2.34. The lowest BCUT2D eigenvalue weighted by Crippen LogP contribution is -2.36. The van der Waals surface area contributed by atoms with Crippen LogP contribution in [-0.4, -0.2) is 38.1 Å². The lowest BCUT2D eigenvalue weighted by molar-refractivity contribution is 0.0926. The maximum atomic E-state index is 12.6. The molecule has 0 saturated carbocycles. The van der Waals surface area contributed by atoms with Gasteiger partial charge in [-0.2, -0.15) is 0 Å². The summed E-state index contributed by atoms with van der Waals surface area (Å²) in [6, 6.07) is 12.5. The Morgan fingerprint density at radius 2 is 1.54 bits per heavy atom. The largest absolute Gasteiger partial charge is 0.378 e. The number of anilines is 2. The molecule has 24 heavy (non-hydrogen) atoms. The molecule has 2 aromatic carbocycles. The lowest BCUT2D eigenvalue weighted by Gasteiger charge is -2.30. The van der Waals surface area contributed by atoms with E-state index in [0.29, 0.717) is 30.0 Å². The molecule has 0 unspecified atom stereocenters. The number of hydrogen-bond donors (Lipinski definition) is 0. The first-order chi connectivity index (χ1) is 11.7. The molecule has 4 rings (SSSR count). The maximum Gasteiger partial charge on any atom is 0.266 e. The lowest BCUT2D eigenvalue weighted by atomic mass is 10.1. The van der Waals surface area contributed by atoms with Gasteiger partial charge in [-0.3, -0.25) is 9.59 Å². The SMILES string of the molecule is O=C1c2ccccc2C(=O)N1c1ccc(N2CCOCC2)c(Br)c1. The molecule has 0 aromatic heterocycles. The molecular formula is C18H15BrN2O3. The molecule has 1 saturated heterocycles. The maximum absolute atomic E-state index is 12.6. The molecule has 0 spiro atoms. The Hall–Kier alpha value is -2.18. The number of benzene rings is 2. The van der Waals surface area contributed by atoms with Crippen molar-refractivity contribution in [2.45, 2.75) is 0 Å². The number of hydrogen-bond acceptors (Lipinski definition) is 4. The van der Waals surface area contributed by atoms with Gasteiger partial charge in [-0.1, -0.05) is 12.1 Å². The smallest absolute Gasteiger partial charge is 0.266 e. The third-order valence-electron chi connectivity index (χ3n) is 4.34. The predicted octanol–water partition coefficient (Wildman–Crippen LogP) is 3.09. The van der Waals surface area contributed by atoms with Crippen LogP contribution >= 0.6 is 15.9 Å². The summed E-state index contributed by atoms with van der Waals surface area (Å²) in [5, 5.41) is 0. The molecule has 2 heterocycles. The number of imide groups is 1. The van der Waals surface area contributed by atoms with E-state index in [9.17, 15) is 9.59 Å². The monoisotopic (exact) mass is 386 g/mol. The second kappa shape index (κ2) is 6.03. The Morgan fingerprint density at radius 1 is 0.917 bits per heavy atom. The number of fused-ring (bicyclic) bond motifs is 1. The van der Waals surface area contributed by atoms with Gasteiger partial charge in [0.1, 0.15) is 0 Å². The molecule has 122 valence electrons. The highest BCUT2D eigenvalue weighted by Gasteiger charge is 2.36. The van der Waals surface area contributed by atoms with Crippen LogP contribution in [0.15, 0.2) is 46.9 Å². The van der Waals surface area contributed by atoms with Crippen molar-refractivity contribution in [2.75, 3.05) is 36.1 Å². The van der Waals surface area contributed by atoms with E-state index in [0.717, 1.165) is 23.2 Å². The number of amides is 2. The first-order valence-corrected chi connectivity index (χ1v) is 8.56. The molecule has 2 aromatic rings. The van der Waals surface area contributed by atoms with Crippen molar-refractivity contribution in [3.05, 3.63) is 58.1 Å². The summed E-state index contributed by atoms with van der Waals surface area (Å²) in [5.41, 5.74) is 2.52. The molecule has 2 aliphatic rings. The van der Waals surface area contributed by atoms with Crippen LogP contribution in [0.25, 0.3) is 0 Å². The van der Waals surface area contributed by atoms with E-state index in [1.165, 1.54) is 4.90 Å². The third-order valence-corrected chi connectivity index (χ3v) is 4.97. The van der Waals surface area contributed by atoms with Crippen molar-refractivity contribution in [1.82, 2.24) is 0 Å². The van der Waals surface area contributed by atoms with Gasteiger partial charge in [0.15, 0.2) is 0 Å². The Kier molecular flexibility index (Phi) is 3.86. The van der Waals surface area contributed by atoms with E-state index in [1.54, 1.807) is 24.3 Å². The summed E-state index contributed by atoms with van der Waals surface area (Å²) in [4.78, 5) is 28.6. The Morgan fingerprint density at radius 3 is 2.12 bits per heavy atom. The van der Waals surface area contributed by atoms with E-state index in [4.69, 9.17) is 4.74 Å². The van der Waals surface area contributed by atoms with Gasteiger partial charge in [0.05, 0.1) is 35.7 Å². The normalized spacial score (nSPS) is 17.4. The minimum atomic E-state index is -0.276. The number of ether oxygens (including phenoxy) is 1. The second-order valence-corrected chi connectivity index (χ2v) is 6.58. The summed E-state index contributed by atoms with van der Waals surface area (Å²) < 4.78 is 6.24. The van der Waals surface area contributed by atoms with Gasteiger partial charge in [0.2, 0.25) is 0 Å². The molecule has 0 atom stereocenters. The van der Waals surface area contributed by atoms with E-state index in [1.807, 2.05) is 18.2 Å². The molecule has 2 aliphatic heterocycles. The van der Waals surface area contributed by atoms with Crippen molar-refractivity contribution in [3.8, 4) is 0 Å². The predicted molar refractivity (Wildman–Crippen MR) is 94.8 cm³/mol. The fourth-order valence-electron chi connectivity index (χ4n) is 3.12. The average Bonchev–Trinajstić information content (AvgIpc) is 2.87. The standard InChI is InChI=1S/C18H15BrN2O3/c19-15-11-12(5-6-16(15)20-7-9-24-10-8-20)21-17(22)13-3-1-2-4-14(13)18(21)23/h1-6,11H,7-10H2. The van der Waals surface area contributed by atoms with E-state index >= 15 is 0 Å². The van der Waals surface area contributed by atoms with Gasteiger partial charge in [-0.25, -0.2) is 4.90 Å². The van der Waals surface area contributed by atoms with Crippen LogP contribution in [0.5, 0.6) is 0 Å². The summed E-state index contributed by atoms with van der Waals surface area (Å²) in [7, 11) is 0. The topological polar surface area (TPSA) is 49.9 Å². The first-order valence-electron chi connectivity index (χ1n) is 7.77. The first kappa shape index (κ1) is 15.4. The molecule has 1 fully saturated rings. The fraction of sp³-hybridized carbons (Fsp3) is 0.222. The molecule has 5 nitrogen and oxygen atoms in total. The number of carbonyl (C=O) groups is 2. The Bertz CT molecular complexity index is 796. The van der Waals surface area contributed by atoms with Gasteiger partial charge in [-0.15, -0.1) is 0 Å². The van der Waals surface area contributed by atoms with Crippen molar-refractivity contribution in [3.63, 3.8) is 0 Å². The summed E-state index contributed by atoms with van der Waals surface area (Å²) in [5.74, 6) is -0.553. The molecule has 2 amide bonds. The van der Waals surface area contributed by atoms with Crippen LogP contribution in [0, 0.1) is 0 Å². The minimum Gasteiger partial charge on any atom is -0.378 e. The van der Waals surface area contributed by atoms with E-state index < -0.39 is 0 Å². The van der Waals surface area contributed by atoms with E-state index in [-0.39, 0.29) is 11.8 Å². The molecule has 0 radical (unpaired) electrons. The number of carbonyl (C=O) groups excluding carboxylic acids is 2. The molecular weight excluding hydrogens is 372 g/mol. The van der Waals surface area contributed by atoms with Crippen LogP contribution < -0.4 is 9.80 Å². The van der Waals surface area contributed by atoms with Gasteiger partial charge in [0, 0.05) is 17.6 Å². The van der Waals surface area contributed by atoms with Crippen molar-refractivity contribution in [1.29, 1.82) is 0 Å². The summed E-state index contributed by atoms with van der Waals surface area (Å²) >= 11 is 3.57. The van der Waals surface area contributed by atoms with Crippen LogP contribution in [0.1, 0.15) is 20.7 Å². The van der Waals surface area contributed by atoms with E-state index in [2.05, 4.69) is 20.8 Å². The second-order valence-electron chi connectivity index (χ2n) is 5.73. The quantitative estimate of drug-likeness (QED) is 0.744. The van der Waals surface area contributed by atoms with Gasteiger partial charge in [-0.05, 0) is 46.3 Å². The van der Waals surface area contributed by atoms with Crippen LogP contribution in [-0.2, 0) is 4.74 Å². The molecule has 0 N–H and O–H groups in total. The zero-order valence-corrected chi connectivity index (χ0v) is 14.5. The van der Waals surface area contributed by atoms with Crippen LogP contribution in [0.2, 0.25) is 0 Å². The minimum absolute atomic E-state index is 0.276. The Labute approximate surface area is 147 Å². The van der Waals surface area contributed by atoms with Crippen molar-refractivity contribution < 1.29 is 14.3 Å². The average molecular weight is 387 g/mol. The third kappa shape index (κ3) is 2.42. The molecule has 0 bridgehead atoms. The number of morpholine rings is 1. The van der Waals surface area contributed by atoms with Crippen LogP contribution in [0.4, 0.5) is 11.4 Å². The number of nitrogens with zero attached hydrogens (tertiary/aromatic N) is 2. The summed E-state index contributed by atoms with van der Waals surface area (Å²) in [6.45, 7) is 3.05. The van der Waals surface area contributed by atoms with Crippen molar-refractivity contribution in [2.24, 2.45) is 0 Å². The highest BCUT2D eigenvalue weighted by molar-refractivity contribution is 9.10. The highest BCUT2D eigenvalue weighted by atomic mass is 79.9. The Balaban J connectivity index is 1.67. The molecule has 0 aliphatic carbocycles. The van der Waals surface area contributed by atoms with Gasteiger partial charge < -0.3 is 9.64 Å².